The molecule has 1 saturated heterocycles. The Bertz CT molecular complexity index is 595. The Morgan fingerprint density at radius 1 is 1.00 bits per heavy atom. The monoisotopic (exact) mass is 308 g/mol. The fourth-order valence-electron chi connectivity index (χ4n) is 2.23. The molecule has 104 valence electrons. The third-order valence-corrected chi connectivity index (χ3v) is 3.86. The third-order valence-electron chi connectivity index (χ3n) is 3.30. The third kappa shape index (κ3) is 2.87. The Balaban J connectivity index is 1.87. The number of nitrogens with zero attached hydrogens (tertiary/aromatic N) is 3. The molecule has 4 nitrogen and oxygen atoms in total. The van der Waals surface area contributed by atoms with E-state index in [1.165, 1.54) is 0 Å². The average Bonchev–Trinajstić information content (AvgIpc) is 2.51. The highest BCUT2D eigenvalue weighted by Crippen LogP contribution is 2.29. The molecule has 0 unspecified atom stereocenters. The van der Waals surface area contributed by atoms with Gasteiger partial charge in [0.25, 0.3) is 0 Å². The standard InChI is InChI=1S/C14H14Cl2N4/c15-10-1-2-12(16)11(9-10)13-3-4-14(19-18-13)20-7-5-17-6-8-20/h1-4,9,17H,5-8H2. The van der Waals surface area contributed by atoms with Crippen molar-refractivity contribution in [2.45, 2.75) is 0 Å². The van der Waals surface area contributed by atoms with E-state index in [9.17, 15) is 0 Å². The molecule has 1 aliphatic heterocycles. The van der Waals surface area contributed by atoms with Gasteiger partial charge in [0.05, 0.1) is 10.7 Å². The van der Waals surface area contributed by atoms with E-state index in [2.05, 4.69) is 20.4 Å². The SMILES string of the molecule is Clc1ccc(Cl)c(-c2ccc(N3CCNCC3)nn2)c1. The van der Waals surface area contributed by atoms with Crippen LogP contribution in [0.3, 0.4) is 0 Å². The van der Waals surface area contributed by atoms with Crippen LogP contribution in [0.1, 0.15) is 0 Å². The van der Waals surface area contributed by atoms with Gasteiger partial charge >= 0.3 is 0 Å². The summed E-state index contributed by atoms with van der Waals surface area (Å²) in [6.07, 6.45) is 0. The zero-order valence-corrected chi connectivity index (χ0v) is 12.3. The molecule has 1 N–H and O–H groups in total. The van der Waals surface area contributed by atoms with Crippen LogP contribution in [-0.4, -0.2) is 36.4 Å². The molecule has 0 atom stereocenters. The van der Waals surface area contributed by atoms with E-state index in [1.807, 2.05) is 12.1 Å². The summed E-state index contributed by atoms with van der Waals surface area (Å²) in [4.78, 5) is 2.22. The zero-order valence-electron chi connectivity index (χ0n) is 10.8. The van der Waals surface area contributed by atoms with Gasteiger partial charge in [0.2, 0.25) is 0 Å². The van der Waals surface area contributed by atoms with Crippen LogP contribution >= 0.6 is 23.2 Å². The largest absolute Gasteiger partial charge is 0.353 e. The van der Waals surface area contributed by atoms with Gasteiger partial charge in [0.15, 0.2) is 5.82 Å². The number of nitrogens with one attached hydrogen (secondary N) is 1. The van der Waals surface area contributed by atoms with E-state index in [0.29, 0.717) is 10.0 Å². The number of aromatic nitrogens is 2. The van der Waals surface area contributed by atoms with E-state index in [0.717, 1.165) is 43.3 Å². The van der Waals surface area contributed by atoms with Crippen molar-refractivity contribution in [2.75, 3.05) is 31.1 Å². The molecule has 2 heterocycles. The van der Waals surface area contributed by atoms with Gasteiger partial charge in [-0.05, 0) is 30.3 Å². The van der Waals surface area contributed by atoms with Crippen LogP contribution in [0.25, 0.3) is 11.3 Å². The minimum absolute atomic E-state index is 0.624. The van der Waals surface area contributed by atoms with E-state index in [-0.39, 0.29) is 0 Å². The second kappa shape index (κ2) is 5.95. The fourth-order valence-corrected chi connectivity index (χ4v) is 2.61. The molecule has 1 aromatic heterocycles. The van der Waals surface area contributed by atoms with Crippen molar-refractivity contribution in [3.8, 4) is 11.3 Å². The Labute approximate surface area is 127 Å². The van der Waals surface area contributed by atoms with Crippen LogP contribution in [0.4, 0.5) is 5.82 Å². The summed E-state index contributed by atoms with van der Waals surface area (Å²) in [5, 5.41) is 13.1. The number of hydrogen-bond acceptors (Lipinski definition) is 4. The maximum atomic E-state index is 6.17. The molecule has 0 spiro atoms. The van der Waals surface area contributed by atoms with Crippen molar-refractivity contribution in [3.63, 3.8) is 0 Å². The summed E-state index contributed by atoms with van der Waals surface area (Å²) in [6.45, 7) is 3.85. The Kier molecular flexibility index (Phi) is 4.05. The minimum atomic E-state index is 0.624. The Hall–Kier alpha value is -1.36. The number of hydrogen-bond donors (Lipinski definition) is 1. The molecule has 2 aromatic rings. The molecule has 3 rings (SSSR count). The van der Waals surface area contributed by atoms with Gasteiger partial charge in [0.1, 0.15) is 0 Å². The molecule has 0 amide bonds. The number of halogens is 2. The predicted octanol–water partition coefficient (Wildman–Crippen LogP) is 2.86. The highest BCUT2D eigenvalue weighted by atomic mass is 35.5. The van der Waals surface area contributed by atoms with Gasteiger partial charge in [-0.1, -0.05) is 23.2 Å². The summed E-state index contributed by atoms with van der Waals surface area (Å²) in [5.74, 6) is 0.897. The normalized spacial score (nSPS) is 15.4. The summed E-state index contributed by atoms with van der Waals surface area (Å²) in [6, 6.07) is 9.24. The second-order valence-electron chi connectivity index (χ2n) is 4.64. The first-order valence-corrected chi connectivity index (χ1v) is 7.24. The van der Waals surface area contributed by atoms with Crippen molar-refractivity contribution in [1.82, 2.24) is 15.5 Å². The average molecular weight is 309 g/mol. The number of piperazine rings is 1. The molecular formula is C14H14Cl2N4. The number of rotatable bonds is 2. The van der Waals surface area contributed by atoms with Crippen molar-refractivity contribution >= 4 is 29.0 Å². The highest BCUT2D eigenvalue weighted by molar-refractivity contribution is 6.35. The minimum Gasteiger partial charge on any atom is -0.353 e. The maximum Gasteiger partial charge on any atom is 0.151 e. The quantitative estimate of drug-likeness (QED) is 0.926. The molecule has 20 heavy (non-hydrogen) atoms. The first kappa shape index (κ1) is 13.6. The summed E-state index contributed by atoms with van der Waals surface area (Å²) < 4.78 is 0. The van der Waals surface area contributed by atoms with Crippen LogP contribution in [0.5, 0.6) is 0 Å². The number of anilines is 1. The summed E-state index contributed by atoms with van der Waals surface area (Å²) >= 11 is 12.2. The van der Waals surface area contributed by atoms with E-state index in [4.69, 9.17) is 23.2 Å². The lowest BCUT2D eigenvalue weighted by atomic mass is 10.1. The lowest BCUT2D eigenvalue weighted by Gasteiger charge is -2.27. The summed E-state index contributed by atoms with van der Waals surface area (Å²) in [7, 11) is 0. The molecule has 0 saturated carbocycles. The number of benzene rings is 1. The van der Waals surface area contributed by atoms with Gasteiger partial charge in [-0.25, -0.2) is 0 Å². The van der Waals surface area contributed by atoms with Crippen molar-refractivity contribution in [2.24, 2.45) is 0 Å². The van der Waals surface area contributed by atoms with Gasteiger partial charge in [0, 0.05) is 36.8 Å². The van der Waals surface area contributed by atoms with Crippen molar-refractivity contribution in [3.05, 3.63) is 40.4 Å². The fraction of sp³-hybridized carbons (Fsp3) is 0.286. The van der Waals surface area contributed by atoms with Crippen LogP contribution in [0.15, 0.2) is 30.3 Å². The topological polar surface area (TPSA) is 41.0 Å². The van der Waals surface area contributed by atoms with Gasteiger partial charge in [-0.3, -0.25) is 0 Å². The Morgan fingerprint density at radius 3 is 2.50 bits per heavy atom. The van der Waals surface area contributed by atoms with E-state index in [1.54, 1.807) is 18.2 Å². The molecular weight excluding hydrogens is 295 g/mol. The molecule has 1 aromatic carbocycles. The smallest absolute Gasteiger partial charge is 0.151 e. The molecule has 6 heteroatoms. The van der Waals surface area contributed by atoms with Crippen LogP contribution in [-0.2, 0) is 0 Å². The summed E-state index contributed by atoms with van der Waals surface area (Å²) in [5.41, 5.74) is 1.54. The zero-order chi connectivity index (χ0) is 13.9. The van der Waals surface area contributed by atoms with Crippen molar-refractivity contribution in [1.29, 1.82) is 0 Å². The molecule has 0 aliphatic carbocycles. The molecule has 0 bridgehead atoms. The van der Waals surface area contributed by atoms with Crippen LogP contribution in [0.2, 0.25) is 10.0 Å². The van der Waals surface area contributed by atoms with Crippen LogP contribution < -0.4 is 10.2 Å². The lowest BCUT2D eigenvalue weighted by molar-refractivity contribution is 0.583. The molecule has 1 aliphatic rings. The first-order chi connectivity index (χ1) is 9.74. The second-order valence-corrected chi connectivity index (χ2v) is 5.48. The Morgan fingerprint density at radius 2 is 1.80 bits per heavy atom. The lowest BCUT2D eigenvalue weighted by Crippen LogP contribution is -2.43. The van der Waals surface area contributed by atoms with E-state index >= 15 is 0 Å². The van der Waals surface area contributed by atoms with Crippen molar-refractivity contribution < 1.29 is 0 Å². The van der Waals surface area contributed by atoms with Crippen LogP contribution in [0, 0.1) is 0 Å². The van der Waals surface area contributed by atoms with Gasteiger partial charge in [-0.15, -0.1) is 10.2 Å². The molecule has 0 radical (unpaired) electrons. The first-order valence-electron chi connectivity index (χ1n) is 6.49. The van der Waals surface area contributed by atoms with Gasteiger partial charge < -0.3 is 10.2 Å². The predicted molar refractivity (Wildman–Crippen MR) is 82.6 cm³/mol. The van der Waals surface area contributed by atoms with Gasteiger partial charge in [-0.2, -0.15) is 0 Å². The molecule has 1 fully saturated rings. The van der Waals surface area contributed by atoms with E-state index < -0.39 is 0 Å². The highest BCUT2D eigenvalue weighted by Gasteiger charge is 2.13. The maximum absolute atomic E-state index is 6.17.